The molecule has 0 aliphatic rings. The molecule has 1 rings (SSSR count). The lowest BCUT2D eigenvalue weighted by molar-refractivity contribution is -0.386. The monoisotopic (exact) mass is 282 g/mol. The third kappa shape index (κ3) is 3.50. The maximum atomic E-state index is 11.9. The highest BCUT2D eigenvalue weighted by atomic mass is 16.6. The fourth-order valence-electron chi connectivity index (χ4n) is 1.59. The van der Waals surface area contributed by atoms with Gasteiger partial charge in [-0.2, -0.15) is 0 Å². The Morgan fingerprint density at radius 2 is 1.85 bits per heavy atom. The van der Waals surface area contributed by atoms with Crippen LogP contribution in [-0.2, 0) is 19.1 Å². The molecule has 1 aromatic rings. The van der Waals surface area contributed by atoms with Gasteiger partial charge in [0.2, 0.25) is 0 Å². The van der Waals surface area contributed by atoms with Crippen LogP contribution < -0.4 is 0 Å². The number of ether oxygens (including phenoxy) is 2. The third-order valence-corrected chi connectivity index (χ3v) is 2.39. The lowest BCUT2D eigenvalue weighted by atomic mass is 9.99. The lowest BCUT2D eigenvalue weighted by Crippen LogP contribution is -2.27. The highest BCUT2D eigenvalue weighted by molar-refractivity contribution is 6.01. The fraction of sp³-hybridized carbons (Fsp3) is 0.417. The zero-order chi connectivity index (χ0) is 15.1. The van der Waals surface area contributed by atoms with Crippen LogP contribution in [0, 0.1) is 10.1 Å². The first-order valence-corrected chi connectivity index (χ1v) is 5.94. The molecule has 0 fully saturated rings. The van der Waals surface area contributed by atoms with Crippen LogP contribution in [0.2, 0.25) is 0 Å². The number of esters is 2. The molecule has 0 aliphatic carbocycles. The van der Waals surface area contributed by atoms with Crippen LogP contribution in [0.1, 0.15) is 25.3 Å². The second kappa shape index (κ2) is 7.17. The summed E-state index contributed by atoms with van der Waals surface area (Å²) < 4.78 is 9.56. The van der Waals surface area contributed by atoms with Crippen LogP contribution in [0.5, 0.6) is 0 Å². The van der Waals surface area contributed by atoms with E-state index < -0.39 is 28.5 Å². The normalized spacial score (nSPS) is 10.2. The minimum atomic E-state index is -1.49. The maximum absolute atomic E-state index is 11.9. The Balaban J connectivity index is 3.26. The van der Waals surface area contributed by atoms with Crippen molar-refractivity contribution in [1.29, 1.82) is 0 Å². The van der Waals surface area contributed by atoms with Gasteiger partial charge in [-0.05, 0) is 19.9 Å². The minimum absolute atomic E-state index is 0.0492. The molecular formula is C12H14N2O6. The van der Waals surface area contributed by atoms with Crippen molar-refractivity contribution < 1.29 is 24.0 Å². The number of hydrogen-bond acceptors (Lipinski definition) is 7. The topological polar surface area (TPSA) is 109 Å². The molecule has 0 radical (unpaired) electrons. The molecule has 0 atom stereocenters. The molecule has 1 heterocycles. The Hall–Kier alpha value is -2.51. The molecule has 0 saturated carbocycles. The van der Waals surface area contributed by atoms with Crippen LogP contribution in [-0.4, -0.2) is 35.1 Å². The van der Waals surface area contributed by atoms with Crippen molar-refractivity contribution in [3.05, 3.63) is 34.1 Å². The second-order valence-corrected chi connectivity index (χ2v) is 3.63. The van der Waals surface area contributed by atoms with Crippen molar-refractivity contribution in [2.45, 2.75) is 19.8 Å². The molecule has 0 N–H and O–H groups in total. The molecule has 8 heteroatoms. The van der Waals surface area contributed by atoms with Crippen molar-refractivity contribution >= 4 is 17.6 Å². The van der Waals surface area contributed by atoms with E-state index in [1.54, 1.807) is 13.8 Å². The Morgan fingerprint density at radius 1 is 1.30 bits per heavy atom. The Kier molecular flexibility index (Phi) is 5.57. The van der Waals surface area contributed by atoms with Gasteiger partial charge in [-0.3, -0.25) is 24.7 Å². The summed E-state index contributed by atoms with van der Waals surface area (Å²) in [6.07, 6.45) is 2.23. The van der Waals surface area contributed by atoms with Crippen molar-refractivity contribution in [3.63, 3.8) is 0 Å². The van der Waals surface area contributed by atoms with Gasteiger partial charge in [0, 0.05) is 6.20 Å². The Morgan fingerprint density at radius 3 is 2.30 bits per heavy atom. The van der Waals surface area contributed by atoms with Crippen LogP contribution >= 0.6 is 0 Å². The van der Waals surface area contributed by atoms with E-state index in [2.05, 4.69) is 4.98 Å². The summed E-state index contributed by atoms with van der Waals surface area (Å²) in [7, 11) is 0. The largest absolute Gasteiger partial charge is 0.465 e. The molecule has 108 valence electrons. The van der Waals surface area contributed by atoms with Gasteiger partial charge in [-0.1, -0.05) is 0 Å². The average Bonchev–Trinajstić information content (AvgIpc) is 2.40. The van der Waals surface area contributed by atoms with Crippen LogP contribution in [0.3, 0.4) is 0 Å². The van der Waals surface area contributed by atoms with Crippen LogP contribution in [0.15, 0.2) is 18.5 Å². The minimum Gasteiger partial charge on any atom is -0.465 e. The molecule has 8 nitrogen and oxygen atoms in total. The SMILES string of the molecule is CCOC(=O)C(C(=O)OCC)c1ccncc1[N+](=O)[O-]. The van der Waals surface area contributed by atoms with Gasteiger partial charge in [0.25, 0.3) is 5.69 Å². The highest BCUT2D eigenvalue weighted by Gasteiger charge is 2.36. The van der Waals surface area contributed by atoms with E-state index in [-0.39, 0.29) is 18.8 Å². The summed E-state index contributed by atoms with van der Waals surface area (Å²) >= 11 is 0. The van der Waals surface area contributed by atoms with Crippen molar-refractivity contribution in [2.24, 2.45) is 0 Å². The molecule has 1 aromatic heterocycles. The predicted octanol–water partition coefficient (Wildman–Crippen LogP) is 1.20. The molecular weight excluding hydrogens is 268 g/mol. The zero-order valence-electron chi connectivity index (χ0n) is 11.1. The second-order valence-electron chi connectivity index (χ2n) is 3.63. The first-order valence-electron chi connectivity index (χ1n) is 5.94. The number of pyridine rings is 1. The molecule has 0 aromatic carbocycles. The zero-order valence-corrected chi connectivity index (χ0v) is 11.1. The average molecular weight is 282 g/mol. The quantitative estimate of drug-likeness (QED) is 0.333. The van der Waals surface area contributed by atoms with Gasteiger partial charge in [-0.15, -0.1) is 0 Å². The van der Waals surface area contributed by atoms with Gasteiger partial charge in [0.15, 0.2) is 5.92 Å². The molecule has 20 heavy (non-hydrogen) atoms. The number of hydrogen-bond donors (Lipinski definition) is 0. The predicted molar refractivity (Wildman–Crippen MR) is 66.9 cm³/mol. The van der Waals surface area contributed by atoms with Crippen LogP contribution in [0.25, 0.3) is 0 Å². The van der Waals surface area contributed by atoms with E-state index in [9.17, 15) is 19.7 Å². The van der Waals surface area contributed by atoms with E-state index in [0.29, 0.717) is 0 Å². The van der Waals surface area contributed by atoms with E-state index >= 15 is 0 Å². The maximum Gasteiger partial charge on any atom is 0.325 e. The number of carbonyl (C=O) groups is 2. The molecule has 0 unspecified atom stereocenters. The number of nitrogens with zero attached hydrogens (tertiary/aromatic N) is 2. The Bertz CT molecular complexity index is 498. The van der Waals surface area contributed by atoms with Crippen molar-refractivity contribution in [1.82, 2.24) is 4.98 Å². The van der Waals surface area contributed by atoms with Gasteiger partial charge in [-0.25, -0.2) is 0 Å². The Labute approximate surface area is 114 Å². The molecule has 0 spiro atoms. The smallest absolute Gasteiger partial charge is 0.325 e. The van der Waals surface area contributed by atoms with Crippen molar-refractivity contribution in [3.8, 4) is 0 Å². The molecule has 0 amide bonds. The van der Waals surface area contributed by atoms with E-state index in [1.807, 2.05) is 0 Å². The van der Waals surface area contributed by atoms with E-state index in [0.717, 1.165) is 6.20 Å². The summed E-state index contributed by atoms with van der Waals surface area (Å²) in [5.74, 6) is -3.26. The first kappa shape index (κ1) is 15.5. The van der Waals surface area contributed by atoms with Gasteiger partial charge < -0.3 is 9.47 Å². The summed E-state index contributed by atoms with van der Waals surface area (Å²) in [6, 6.07) is 1.23. The van der Waals surface area contributed by atoms with Gasteiger partial charge in [0.05, 0.1) is 23.7 Å². The summed E-state index contributed by atoms with van der Waals surface area (Å²) in [5.41, 5.74) is -0.527. The highest BCUT2D eigenvalue weighted by Crippen LogP contribution is 2.27. The molecule has 0 saturated heterocycles. The van der Waals surface area contributed by atoms with Gasteiger partial charge >= 0.3 is 11.9 Å². The van der Waals surface area contributed by atoms with Crippen LogP contribution in [0.4, 0.5) is 5.69 Å². The molecule has 0 aliphatic heterocycles. The van der Waals surface area contributed by atoms with Gasteiger partial charge in [0.1, 0.15) is 6.20 Å². The van der Waals surface area contributed by atoms with E-state index in [1.165, 1.54) is 12.3 Å². The lowest BCUT2D eigenvalue weighted by Gasteiger charge is -2.14. The summed E-state index contributed by atoms with van der Waals surface area (Å²) in [4.78, 5) is 37.6. The third-order valence-electron chi connectivity index (χ3n) is 2.39. The number of carbonyl (C=O) groups excluding carboxylic acids is 2. The summed E-state index contributed by atoms with van der Waals surface area (Å²) in [6.45, 7) is 3.24. The number of rotatable bonds is 6. The molecule has 0 bridgehead atoms. The fourth-order valence-corrected chi connectivity index (χ4v) is 1.59. The van der Waals surface area contributed by atoms with Crippen molar-refractivity contribution in [2.75, 3.05) is 13.2 Å². The summed E-state index contributed by atoms with van der Waals surface area (Å²) in [5, 5.41) is 10.9. The number of aromatic nitrogens is 1. The standard InChI is InChI=1S/C12H14N2O6/c1-3-19-11(15)10(12(16)20-4-2)8-5-6-13-7-9(8)14(17)18/h5-7,10H,3-4H2,1-2H3. The first-order chi connectivity index (χ1) is 9.52. The number of nitro groups is 1. The van der Waals surface area contributed by atoms with E-state index in [4.69, 9.17) is 9.47 Å².